The van der Waals surface area contributed by atoms with E-state index in [4.69, 9.17) is 5.73 Å². The Kier molecular flexibility index (Phi) is 1.82. The molecule has 2 N–H and O–H groups in total. The normalized spacial score (nSPS) is 19.3. The Balaban J connectivity index is 2.15. The lowest BCUT2D eigenvalue weighted by molar-refractivity contribution is 0.707. The fraction of sp³-hybridized carbons (Fsp3) is 0.625. The first-order valence-electron chi connectivity index (χ1n) is 4.08. The van der Waals surface area contributed by atoms with E-state index in [-0.39, 0.29) is 0 Å². The lowest BCUT2D eigenvalue weighted by Gasteiger charge is -2.01. The molecule has 0 atom stereocenters. The van der Waals surface area contributed by atoms with Gasteiger partial charge < -0.3 is 5.73 Å². The molecule has 0 saturated heterocycles. The summed E-state index contributed by atoms with van der Waals surface area (Å²) in [6.45, 7) is 0. The Labute approximate surface area is 70.6 Å². The minimum atomic E-state index is 0.712. The molecule has 2 rings (SSSR count). The molecule has 0 bridgehead atoms. The molecule has 11 heavy (non-hydrogen) atoms. The van der Waals surface area contributed by atoms with Gasteiger partial charge in [-0.3, -0.25) is 0 Å². The first-order valence-corrected chi connectivity index (χ1v) is 4.85. The van der Waals surface area contributed by atoms with Crippen molar-refractivity contribution in [1.29, 1.82) is 0 Å². The highest BCUT2D eigenvalue weighted by molar-refractivity contribution is 7.10. The number of hydrogen-bond donors (Lipinski definition) is 1. The van der Waals surface area contributed by atoms with Crippen molar-refractivity contribution in [1.82, 2.24) is 4.37 Å². The van der Waals surface area contributed by atoms with Gasteiger partial charge >= 0.3 is 0 Å². The Bertz CT molecular complexity index is 238. The van der Waals surface area contributed by atoms with Gasteiger partial charge in [0.25, 0.3) is 0 Å². The first kappa shape index (κ1) is 7.10. The Hall–Kier alpha value is -0.570. The topological polar surface area (TPSA) is 38.9 Å². The van der Waals surface area contributed by atoms with Gasteiger partial charge in [0.05, 0.1) is 5.69 Å². The summed E-state index contributed by atoms with van der Waals surface area (Å²) in [5.41, 5.74) is 6.83. The van der Waals surface area contributed by atoms with Gasteiger partial charge in [0.15, 0.2) is 0 Å². The van der Waals surface area contributed by atoms with Gasteiger partial charge in [-0.1, -0.05) is 12.8 Å². The van der Waals surface area contributed by atoms with Crippen LogP contribution in [0.1, 0.15) is 37.3 Å². The van der Waals surface area contributed by atoms with Gasteiger partial charge in [0.1, 0.15) is 5.00 Å². The Morgan fingerprint density at radius 1 is 1.45 bits per heavy atom. The summed E-state index contributed by atoms with van der Waals surface area (Å²) in [4.78, 5) is 0. The molecule has 0 unspecified atom stereocenters. The van der Waals surface area contributed by atoms with Crippen LogP contribution < -0.4 is 5.73 Å². The number of aromatic nitrogens is 1. The molecule has 1 aromatic rings. The monoisotopic (exact) mass is 168 g/mol. The van der Waals surface area contributed by atoms with Crippen LogP contribution in [0.2, 0.25) is 0 Å². The molecular weight excluding hydrogens is 156 g/mol. The molecular formula is C8H12N2S. The molecule has 0 spiro atoms. The third-order valence-corrected chi connectivity index (χ3v) is 2.95. The predicted octanol–water partition coefficient (Wildman–Crippen LogP) is 2.38. The molecule has 3 heteroatoms. The number of nitrogens with two attached hydrogens (primary N) is 1. The maximum atomic E-state index is 5.60. The van der Waals surface area contributed by atoms with Gasteiger partial charge in [-0.15, -0.1) is 0 Å². The fourth-order valence-electron chi connectivity index (χ4n) is 1.72. The van der Waals surface area contributed by atoms with Crippen LogP contribution >= 0.6 is 11.5 Å². The van der Waals surface area contributed by atoms with Gasteiger partial charge in [-0.25, -0.2) is 0 Å². The summed E-state index contributed by atoms with van der Waals surface area (Å²) in [5, 5.41) is 0.854. The highest BCUT2D eigenvalue weighted by Gasteiger charge is 2.18. The van der Waals surface area contributed by atoms with Crippen molar-refractivity contribution >= 4 is 16.5 Å². The third-order valence-electron chi connectivity index (χ3n) is 2.32. The molecule has 1 heterocycles. The van der Waals surface area contributed by atoms with Crippen molar-refractivity contribution in [2.24, 2.45) is 0 Å². The summed E-state index contributed by atoms with van der Waals surface area (Å²) >= 11 is 1.42. The SMILES string of the molecule is Nc1cc(C2CCCC2)ns1. The molecule has 0 aliphatic heterocycles. The summed E-state index contributed by atoms with van der Waals surface area (Å²) in [6.07, 6.45) is 5.34. The van der Waals surface area contributed by atoms with Crippen LogP contribution in [0.5, 0.6) is 0 Å². The van der Waals surface area contributed by atoms with Crippen LogP contribution in [0.15, 0.2) is 6.07 Å². The van der Waals surface area contributed by atoms with E-state index >= 15 is 0 Å². The van der Waals surface area contributed by atoms with Crippen molar-refractivity contribution in [3.8, 4) is 0 Å². The van der Waals surface area contributed by atoms with Crippen molar-refractivity contribution < 1.29 is 0 Å². The van der Waals surface area contributed by atoms with E-state index in [0.29, 0.717) is 5.92 Å². The molecule has 1 aromatic heterocycles. The minimum absolute atomic E-state index is 0.712. The lowest BCUT2D eigenvalue weighted by Crippen LogP contribution is -1.90. The highest BCUT2D eigenvalue weighted by Crippen LogP contribution is 2.34. The standard InChI is InChI=1S/C8H12N2S/c9-8-5-7(10-11-8)6-3-1-2-4-6/h5-6H,1-4,9H2. The summed E-state index contributed by atoms with van der Waals surface area (Å²) < 4.78 is 4.31. The zero-order chi connectivity index (χ0) is 7.68. The second kappa shape index (κ2) is 2.81. The van der Waals surface area contributed by atoms with Crippen LogP contribution in [0.3, 0.4) is 0 Å². The Morgan fingerprint density at radius 3 is 2.73 bits per heavy atom. The number of nitrogen functional groups attached to an aromatic ring is 1. The molecule has 0 amide bonds. The smallest absolute Gasteiger partial charge is 0.107 e. The molecule has 1 saturated carbocycles. The largest absolute Gasteiger partial charge is 0.389 e. The van der Waals surface area contributed by atoms with Crippen LogP contribution in [0, 0.1) is 0 Å². The second-order valence-corrected chi connectivity index (χ2v) is 3.97. The number of rotatable bonds is 1. The van der Waals surface area contributed by atoms with Crippen molar-refractivity contribution in [3.63, 3.8) is 0 Å². The first-order chi connectivity index (χ1) is 5.36. The number of nitrogens with zero attached hydrogens (tertiary/aromatic N) is 1. The maximum Gasteiger partial charge on any atom is 0.107 e. The zero-order valence-electron chi connectivity index (χ0n) is 6.42. The van der Waals surface area contributed by atoms with E-state index < -0.39 is 0 Å². The van der Waals surface area contributed by atoms with Crippen molar-refractivity contribution in [2.75, 3.05) is 5.73 Å². The average Bonchev–Trinajstić information content (AvgIpc) is 2.55. The van der Waals surface area contributed by atoms with E-state index in [1.165, 1.54) is 42.9 Å². The summed E-state index contributed by atoms with van der Waals surface area (Å²) in [7, 11) is 0. The van der Waals surface area contributed by atoms with Gasteiger partial charge in [-0.2, -0.15) is 4.37 Å². The van der Waals surface area contributed by atoms with Gasteiger partial charge in [-0.05, 0) is 30.4 Å². The fourth-order valence-corrected chi connectivity index (χ4v) is 2.30. The molecule has 1 fully saturated rings. The third kappa shape index (κ3) is 1.38. The van der Waals surface area contributed by atoms with Crippen LogP contribution in [0.25, 0.3) is 0 Å². The van der Waals surface area contributed by atoms with E-state index in [2.05, 4.69) is 4.37 Å². The highest BCUT2D eigenvalue weighted by atomic mass is 32.1. The molecule has 2 nitrogen and oxygen atoms in total. The van der Waals surface area contributed by atoms with Crippen LogP contribution in [0.4, 0.5) is 5.00 Å². The van der Waals surface area contributed by atoms with Crippen molar-refractivity contribution in [3.05, 3.63) is 11.8 Å². The van der Waals surface area contributed by atoms with E-state index in [1.54, 1.807) is 0 Å². The van der Waals surface area contributed by atoms with E-state index in [1.807, 2.05) is 6.07 Å². The quantitative estimate of drug-likeness (QED) is 0.699. The lowest BCUT2D eigenvalue weighted by atomic mass is 10.1. The summed E-state index contributed by atoms with van der Waals surface area (Å²) in [5.74, 6) is 0.712. The van der Waals surface area contributed by atoms with Crippen LogP contribution in [-0.2, 0) is 0 Å². The van der Waals surface area contributed by atoms with E-state index in [0.717, 1.165) is 5.00 Å². The average molecular weight is 168 g/mol. The maximum absolute atomic E-state index is 5.60. The van der Waals surface area contributed by atoms with Crippen molar-refractivity contribution in [2.45, 2.75) is 31.6 Å². The molecule has 0 aromatic carbocycles. The van der Waals surface area contributed by atoms with Gasteiger partial charge in [0.2, 0.25) is 0 Å². The number of anilines is 1. The Morgan fingerprint density at radius 2 is 2.18 bits per heavy atom. The minimum Gasteiger partial charge on any atom is -0.389 e. The van der Waals surface area contributed by atoms with Crippen LogP contribution in [-0.4, -0.2) is 4.37 Å². The predicted molar refractivity (Wildman–Crippen MR) is 47.7 cm³/mol. The van der Waals surface area contributed by atoms with Gasteiger partial charge in [0, 0.05) is 5.92 Å². The molecule has 1 aliphatic rings. The van der Waals surface area contributed by atoms with E-state index in [9.17, 15) is 0 Å². The second-order valence-electron chi connectivity index (χ2n) is 3.14. The number of hydrogen-bond acceptors (Lipinski definition) is 3. The molecule has 1 aliphatic carbocycles. The zero-order valence-corrected chi connectivity index (χ0v) is 7.23. The molecule has 0 radical (unpaired) electrons. The molecule has 60 valence electrons. The summed E-state index contributed by atoms with van der Waals surface area (Å²) in [6, 6.07) is 2.03.